The Morgan fingerprint density at radius 1 is 1.41 bits per heavy atom. The van der Waals surface area contributed by atoms with E-state index in [1.165, 1.54) is 0 Å². The van der Waals surface area contributed by atoms with Gasteiger partial charge in [-0.1, -0.05) is 0 Å². The van der Waals surface area contributed by atoms with E-state index in [9.17, 15) is 14.4 Å². The Kier molecular flexibility index (Phi) is 3.38. The Morgan fingerprint density at radius 2 is 2.24 bits per heavy atom. The van der Waals surface area contributed by atoms with Crippen molar-refractivity contribution in [3.63, 3.8) is 0 Å². The van der Waals surface area contributed by atoms with Gasteiger partial charge in [0.25, 0.3) is 11.5 Å². The van der Waals surface area contributed by atoms with Crippen molar-refractivity contribution >= 4 is 5.91 Å². The average molecular weight is 238 g/mol. The van der Waals surface area contributed by atoms with E-state index in [0.29, 0.717) is 6.54 Å². The van der Waals surface area contributed by atoms with Crippen LogP contribution in [0.5, 0.6) is 0 Å². The molecule has 0 saturated carbocycles. The maximum Gasteiger partial charge on any atom is 0.325 e. The minimum atomic E-state index is -0.671. The van der Waals surface area contributed by atoms with Gasteiger partial charge in [0.15, 0.2) is 0 Å². The van der Waals surface area contributed by atoms with Crippen molar-refractivity contribution in [3.05, 3.63) is 32.6 Å². The van der Waals surface area contributed by atoms with Crippen LogP contribution >= 0.6 is 0 Å². The molecule has 0 radical (unpaired) electrons. The van der Waals surface area contributed by atoms with Crippen molar-refractivity contribution in [2.24, 2.45) is 0 Å². The van der Waals surface area contributed by atoms with Gasteiger partial charge >= 0.3 is 5.69 Å². The van der Waals surface area contributed by atoms with E-state index in [2.05, 4.69) is 15.6 Å². The molecule has 1 aromatic heterocycles. The summed E-state index contributed by atoms with van der Waals surface area (Å²) >= 11 is 0. The molecule has 1 amide bonds. The van der Waals surface area contributed by atoms with Gasteiger partial charge in [-0.05, 0) is 19.4 Å². The van der Waals surface area contributed by atoms with Gasteiger partial charge in [0.05, 0.1) is 0 Å². The molecule has 1 aliphatic heterocycles. The number of aromatic amines is 2. The number of amides is 1. The van der Waals surface area contributed by atoms with Gasteiger partial charge in [0.1, 0.15) is 5.56 Å². The van der Waals surface area contributed by atoms with Gasteiger partial charge in [0.2, 0.25) is 0 Å². The van der Waals surface area contributed by atoms with Gasteiger partial charge in [0, 0.05) is 18.8 Å². The molecule has 17 heavy (non-hydrogen) atoms. The predicted molar refractivity (Wildman–Crippen MR) is 61.0 cm³/mol. The normalized spacial score (nSPS) is 19.9. The number of carbonyl (C=O) groups excluding carboxylic acids is 1. The second-order valence-electron chi connectivity index (χ2n) is 4.00. The summed E-state index contributed by atoms with van der Waals surface area (Å²) in [5.74, 6) is -0.462. The fourth-order valence-corrected chi connectivity index (χ4v) is 1.82. The van der Waals surface area contributed by atoms with Crippen molar-refractivity contribution in [2.75, 3.05) is 13.1 Å². The van der Waals surface area contributed by atoms with Crippen molar-refractivity contribution in [3.8, 4) is 0 Å². The highest BCUT2D eigenvalue weighted by molar-refractivity contribution is 5.93. The van der Waals surface area contributed by atoms with E-state index < -0.39 is 17.2 Å². The standard InChI is InChI=1S/C10H14N4O3/c15-8(13-6-2-1-3-11-4-6)7-5-12-10(17)14-9(7)16/h5-6,11H,1-4H2,(H,13,15)(H2,12,14,16,17). The van der Waals surface area contributed by atoms with Gasteiger partial charge in [-0.3, -0.25) is 14.6 Å². The summed E-state index contributed by atoms with van der Waals surface area (Å²) in [6, 6.07) is 0.0302. The largest absolute Gasteiger partial charge is 0.348 e. The van der Waals surface area contributed by atoms with Crippen LogP contribution in [0.4, 0.5) is 0 Å². The average Bonchev–Trinajstić information content (AvgIpc) is 2.30. The molecular formula is C10H14N4O3. The molecule has 1 aromatic rings. The monoisotopic (exact) mass is 238 g/mol. The van der Waals surface area contributed by atoms with Crippen molar-refractivity contribution in [1.29, 1.82) is 0 Å². The fourth-order valence-electron chi connectivity index (χ4n) is 1.82. The third kappa shape index (κ3) is 2.82. The van der Waals surface area contributed by atoms with Crippen LogP contribution in [-0.2, 0) is 0 Å². The Bertz CT molecular complexity index is 513. The lowest BCUT2D eigenvalue weighted by atomic mass is 10.1. The van der Waals surface area contributed by atoms with Crippen molar-refractivity contribution in [2.45, 2.75) is 18.9 Å². The highest BCUT2D eigenvalue weighted by Crippen LogP contribution is 2.01. The zero-order chi connectivity index (χ0) is 12.3. The lowest BCUT2D eigenvalue weighted by Gasteiger charge is -2.23. The fraction of sp³-hybridized carbons (Fsp3) is 0.500. The molecule has 1 saturated heterocycles. The lowest BCUT2D eigenvalue weighted by molar-refractivity contribution is 0.0928. The number of rotatable bonds is 2. The van der Waals surface area contributed by atoms with Gasteiger partial charge in [-0.25, -0.2) is 4.79 Å². The molecule has 1 fully saturated rings. The minimum absolute atomic E-state index is 0.0302. The second-order valence-corrected chi connectivity index (χ2v) is 4.00. The second kappa shape index (κ2) is 4.96. The van der Waals surface area contributed by atoms with Gasteiger partial charge in [-0.2, -0.15) is 0 Å². The maximum absolute atomic E-state index is 11.8. The smallest absolute Gasteiger partial charge is 0.325 e. The Balaban J connectivity index is 2.08. The number of H-pyrrole nitrogens is 2. The molecule has 4 N–H and O–H groups in total. The van der Waals surface area contributed by atoms with E-state index in [-0.39, 0.29) is 11.6 Å². The summed E-state index contributed by atoms with van der Waals surface area (Å²) in [7, 11) is 0. The quantitative estimate of drug-likeness (QED) is 0.505. The number of carbonyl (C=O) groups is 1. The molecule has 0 aromatic carbocycles. The lowest BCUT2D eigenvalue weighted by Crippen LogP contribution is -2.47. The van der Waals surface area contributed by atoms with Crippen LogP contribution in [0.3, 0.4) is 0 Å². The first-order chi connectivity index (χ1) is 8.16. The molecule has 0 bridgehead atoms. The van der Waals surface area contributed by atoms with Gasteiger partial charge < -0.3 is 15.6 Å². The van der Waals surface area contributed by atoms with E-state index in [1.54, 1.807) is 0 Å². The Labute approximate surface area is 96.6 Å². The maximum atomic E-state index is 11.8. The topological polar surface area (TPSA) is 107 Å². The molecule has 2 rings (SSSR count). The van der Waals surface area contributed by atoms with E-state index in [4.69, 9.17) is 0 Å². The van der Waals surface area contributed by atoms with Crippen molar-refractivity contribution in [1.82, 2.24) is 20.6 Å². The third-order valence-electron chi connectivity index (χ3n) is 2.70. The van der Waals surface area contributed by atoms with E-state index in [1.807, 2.05) is 4.98 Å². The first-order valence-corrected chi connectivity index (χ1v) is 5.50. The van der Waals surface area contributed by atoms with Crippen LogP contribution in [0.15, 0.2) is 15.8 Å². The highest BCUT2D eigenvalue weighted by Gasteiger charge is 2.18. The van der Waals surface area contributed by atoms with Crippen molar-refractivity contribution < 1.29 is 4.79 Å². The number of hydrogen-bond acceptors (Lipinski definition) is 4. The number of piperidine rings is 1. The summed E-state index contributed by atoms with van der Waals surface area (Å²) in [6.07, 6.45) is 3.01. The summed E-state index contributed by atoms with van der Waals surface area (Å²) in [6.45, 7) is 1.65. The van der Waals surface area contributed by atoms with Crippen LogP contribution in [-0.4, -0.2) is 35.0 Å². The SMILES string of the molecule is O=C(NC1CCCNC1)c1c[nH]c(=O)[nH]c1=O. The van der Waals surface area contributed by atoms with Crippen LogP contribution in [0, 0.1) is 0 Å². The minimum Gasteiger partial charge on any atom is -0.348 e. The first kappa shape index (κ1) is 11.6. The molecule has 7 nitrogen and oxygen atoms in total. The molecule has 2 heterocycles. The summed E-state index contributed by atoms with van der Waals surface area (Å²) < 4.78 is 0. The molecule has 7 heteroatoms. The number of aromatic nitrogens is 2. The Hall–Kier alpha value is -1.89. The van der Waals surface area contributed by atoms with Crippen LogP contribution < -0.4 is 21.9 Å². The van der Waals surface area contributed by atoms with Crippen LogP contribution in [0.1, 0.15) is 23.2 Å². The summed E-state index contributed by atoms with van der Waals surface area (Å²) in [5.41, 5.74) is -1.36. The molecule has 1 aliphatic rings. The first-order valence-electron chi connectivity index (χ1n) is 5.50. The molecule has 92 valence electrons. The van der Waals surface area contributed by atoms with Crippen LogP contribution in [0.2, 0.25) is 0 Å². The number of hydrogen-bond donors (Lipinski definition) is 4. The number of nitrogens with one attached hydrogen (secondary N) is 4. The third-order valence-corrected chi connectivity index (χ3v) is 2.70. The van der Waals surface area contributed by atoms with E-state index >= 15 is 0 Å². The van der Waals surface area contributed by atoms with E-state index in [0.717, 1.165) is 25.6 Å². The molecular weight excluding hydrogens is 224 g/mol. The zero-order valence-electron chi connectivity index (χ0n) is 9.21. The van der Waals surface area contributed by atoms with Crippen LogP contribution in [0.25, 0.3) is 0 Å². The summed E-state index contributed by atoms with van der Waals surface area (Å²) in [4.78, 5) is 38.2. The predicted octanol–water partition coefficient (Wildman–Crippen LogP) is -1.45. The zero-order valence-corrected chi connectivity index (χ0v) is 9.21. The highest BCUT2D eigenvalue weighted by atomic mass is 16.2. The molecule has 0 aliphatic carbocycles. The Morgan fingerprint density at radius 3 is 2.88 bits per heavy atom. The molecule has 1 atom stereocenters. The van der Waals surface area contributed by atoms with Gasteiger partial charge in [-0.15, -0.1) is 0 Å². The molecule has 1 unspecified atom stereocenters. The summed E-state index contributed by atoms with van der Waals surface area (Å²) in [5, 5.41) is 5.91. The molecule has 0 spiro atoms.